The van der Waals surface area contributed by atoms with Crippen LogP contribution in [0.2, 0.25) is 0 Å². The van der Waals surface area contributed by atoms with Gasteiger partial charge in [-0.25, -0.2) is 0 Å². The topological polar surface area (TPSA) is 49.4 Å². The molecule has 1 aliphatic heterocycles. The molecular formula is C22H26N2O2. The van der Waals surface area contributed by atoms with Crippen LogP contribution in [0, 0.1) is 13.8 Å². The van der Waals surface area contributed by atoms with Gasteiger partial charge in [0.2, 0.25) is 11.8 Å². The predicted molar refractivity (Wildman–Crippen MR) is 104 cm³/mol. The van der Waals surface area contributed by atoms with Crippen molar-refractivity contribution in [2.45, 2.75) is 46.1 Å². The monoisotopic (exact) mass is 350 g/mol. The average molecular weight is 350 g/mol. The van der Waals surface area contributed by atoms with Gasteiger partial charge in [0.15, 0.2) is 0 Å². The van der Waals surface area contributed by atoms with Crippen molar-refractivity contribution in [3.8, 4) is 0 Å². The maximum absolute atomic E-state index is 12.3. The van der Waals surface area contributed by atoms with Crippen LogP contribution < -0.4 is 5.32 Å². The van der Waals surface area contributed by atoms with Crippen LogP contribution in [0.5, 0.6) is 0 Å². The van der Waals surface area contributed by atoms with Crippen molar-refractivity contribution < 1.29 is 9.59 Å². The molecule has 0 aliphatic carbocycles. The summed E-state index contributed by atoms with van der Waals surface area (Å²) < 4.78 is 0. The number of hydrogen-bond donors (Lipinski definition) is 1. The Morgan fingerprint density at radius 1 is 1.15 bits per heavy atom. The van der Waals surface area contributed by atoms with Crippen LogP contribution in [-0.2, 0) is 22.6 Å². The lowest BCUT2D eigenvalue weighted by atomic mass is 10.0. The fourth-order valence-electron chi connectivity index (χ4n) is 3.44. The Morgan fingerprint density at radius 3 is 2.73 bits per heavy atom. The van der Waals surface area contributed by atoms with Crippen molar-refractivity contribution in [3.63, 3.8) is 0 Å². The Bertz CT molecular complexity index is 814. The Morgan fingerprint density at radius 2 is 2.00 bits per heavy atom. The zero-order chi connectivity index (χ0) is 18.5. The summed E-state index contributed by atoms with van der Waals surface area (Å²) in [5, 5.41) is 2.98. The molecule has 26 heavy (non-hydrogen) atoms. The molecule has 0 radical (unpaired) electrons. The Balaban J connectivity index is 1.55. The standard InChI is InChI=1S/C22H26N2O2/c1-16-8-9-19(17(2)13-16)10-11-21(25)23-20-6-3-5-18(14-20)15-24-12-4-7-22(24)26/h3,5-6,8-9,13-14H,4,7,10-12,15H2,1-2H3,(H,23,25). The molecule has 0 unspecified atom stereocenters. The van der Waals surface area contributed by atoms with Gasteiger partial charge in [0.25, 0.3) is 0 Å². The highest BCUT2D eigenvalue weighted by molar-refractivity contribution is 5.91. The quantitative estimate of drug-likeness (QED) is 0.856. The zero-order valence-corrected chi connectivity index (χ0v) is 15.5. The van der Waals surface area contributed by atoms with Gasteiger partial charge >= 0.3 is 0 Å². The molecule has 4 heteroatoms. The molecule has 136 valence electrons. The van der Waals surface area contributed by atoms with E-state index in [1.54, 1.807) is 0 Å². The minimum absolute atomic E-state index is 0.0133. The minimum Gasteiger partial charge on any atom is -0.338 e. The summed E-state index contributed by atoms with van der Waals surface area (Å²) in [6, 6.07) is 14.1. The molecule has 1 aliphatic rings. The first-order chi connectivity index (χ1) is 12.5. The van der Waals surface area contributed by atoms with Crippen molar-refractivity contribution >= 4 is 17.5 Å². The summed E-state index contributed by atoms with van der Waals surface area (Å²) >= 11 is 0. The van der Waals surface area contributed by atoms with Gasteiger partial charge in [-0.2, -0.15) is 0 Å². The van der Waals surface area contributed by atoms with Crippen molar-refractivity contribution in [2.75, 3.05) is 11.9 Å². The van der Waals surface area contributed by atoms with Crippen LogP contribution in [0.3, 0.4) is 0 Å². The van der Waals surface area contributed by atoms with Crippen LogP contribution in [0.4, 0.5) is 5.69 Å². The lowest BCUT2D eigenvalue weighted by Gasteiger charge is -2.16. The molecule has 1 fully saturated rings. The molecule has 2 aromatic rings. The fraction of sp³-hybridized carbons (Fsp3) is 0.364. The van der Waals surface area contributed by atoms with E-state index in [4.69, 9.17) is 0 Å². The van der Waals surface area contributed by atoms with Gasteiger partial charge in [-0.3, -0.25) is 9.59 Å². The number of amides is 2. The molecule has 2 amide bonds. The van der Waals surface area contributed by atoms with Crippen molar-refractivity contribution in [1.82, 2.24) is 4.90 Å². The number of hydrogen-bond acceptors (Lipinski definition) is 2. The first kappa shape index (κ1) is 18.2. The van der Waals surface area contributed by atoms with Gasteiger partial charge in [0, 0.05) is 31.6 Å². The third kappa shape index (κ3) is 4.72. The number of aryl methyl sites for hydroxylation is 3. The van der Waals surface area contributed by atoms with E-state index in [-0.39, 0.29) is 11.8 Å². The van der Waals surface area contributed by atoms with Crippen molar-refractivity contribution in [1.29, 1.82) is 0 Å². The molecule has 1 saturated heterocycles. The third-order valence-electron chi connectivity index (χ3n) is 4.88. The zero-order valence-electron chi connectivity index (χ0n) is 15.5. The summed E-state index contributed by atoms with van der Waals surface area (Å²) in [6.07, 6.45) is 2.78. The lowest BCUT2D eigenvalue weighted by Crippen LogP contribution is -2.23. The number of carbonyl (C=O) groups excluding carboxylic acids is 2. The number of carbonyl (C=O) groups is 2. The molecule has 0 bridgehead atoms. The summed E-state index contributed by atoms with van der Waals surface area (Å²) in [7, 11) is 0. The van der Waals surface area contributed by atoms with E-state index in [0.717, 1.165) is 30.6 Å². The van der Waals surface area contributed by atoms with E-state index < -0.39 is 0 Å². The van der Waals surface area contributed by atoms with Crippen LogP contribution in [0.1, 0.15) is 41.5 Å². The molecule has 4 nitrogen and oxygen atoms in total. The van der Waals surface area contributed by atoms with E-state index in [0.29, 0.717) is 19.4 Å². The highest BCUT2D eigenvalue weighted by Crippen LogP contribution is 2.18. The number of anilines is 1. The molecule has 3 rings (SSSR count). The number of nitrogens with zero attached hydrogens (tertiary/aromatic N) is 1. The van der Waals surface area contributed by atoms with E-state index in [9.17, 15) is 9.59 Å². The second kappa shape index (κ2) is 8.17. The first-order valence-corrected chi connectivity index (χ1v) is 9.24. The molecule has 0 spiro atoms. The minimum atomic E-state index is 0.0133. The second-order valence-corrected chi connectivity index (χ2v) is 7.10. The Labute approximate surface area is 155 Å². The smallest absolute Gasteiger partial charge is 0.224 e. The number of rotatable bonds is 6. The third-order valence-corrected chi connectivity index (χ3v) is 4.88. The summed E-state index contributed by atoms with van der Waals surface area (Å²) in [5.74, 6) is 0.229. The molecule has 0 saturated carbocycles. The highest BCUT2D eigenvalue weighted by atomic mass is 16.2. The van der Waals surface area contributed by atoms with Gasteiger partial charge in [0.05, 0.1) is 0 Å². The van der Waals surface area contributed by atoms with Gasteiger partial charge in [0.1, 0.15) is 0 Å². The number of nitrogens with one attached hydrogen (secondary N) is 1. The van der Waals surface area contributed by atoms with Crippen LogP contribution in [0.15, 0.2) is 42.5 Å². The first-order valence-electron chi connectivity index (χ1n) is 9.24. The van der Waals surface area contributed by atoms with Crippen molar-refractivity contribution in [3.05, 3.63) is 64.7 Å². The summed E-state index contributed by atoms with van der Waals surface area (Å²) in [6.45, 7) is 5.60. The predicted octanol–water partition coefficient (Wildman–Crippen LogP) is 4.00. The van der Waals surface area contributed by atoms with Crippen LogP contribution in [-0.4, -0.2) is 23.3 Å². The van der Waals surface area contributed by atoms with Crippen LogP contribution >= 0.6 is 0 Å². The summed E-state index contributed by atoms with van der Waals surface area (Å²) in [5.41, 5.74) is 5.53. The normalized spacial score (nSPS) is 13.9. The summed E-state index contributed by atoms with van der Waals surface area (Å²) in [4.78, 5) is 25.9. The SMILES string of the molecule is Cc1ccc(CCC(=O)Nc2cccc(CN3CCCC3=O)c2)c(C)c1. The van der Waals surface area contributed by atoms with E-state index >= 15 is 0 Å². The average Bonchev–Trinajstić information content (AvgIpc) is 2.99. The van der Waals surface area contributed by atoms with Gasteiger partial charge in [-0.15, -0.1) is 0 Å². The van der Waals surface area contributed by atoms with Crippen molar-refractivity contribution in [2.24, 2.45) is 0 Å². The van der Waals surface area contributed by atoms with Gasteiger partial charge < -0.3 is 10.2 Å². The second-order valence-electron chi connectivity index (χ2n) is 7.10. The van der Waals surface area contributed by atoms with E-state index in [1.165, 1.54) is 16.7 Å². The molecule has 0 atom stereocenters. The maximum Gasteiger partial charge on any atom is 0.224 e. The largest absolute Gasteiger partial charge is 0.338 e. The van der Waals surface area contributed by atoms with E-state index in [2.05, 4.69) is 37.4 Å². The molecular weight excluding hydrogens is 324 g/mol. The van der Waals surface area contributed by atoms with E-state index in [1.807, 2.05) is 29.2 Å². The Hall–Kier alpha value is -2.62. The molecule has 1 heterocycles. The van der Waals surface area contributed by atoms with Crippen LogP contribution in [0.25, 0.3) is 0 Å². The highest BCUT2D eigenvalue weighted by Gasteiger charge is 2.20. The number of likely N-dealkylation sites (tertiary alicyclic amines) is 1. The number of benzene rings is 2. The molecule has 1 N–H and O–H groups in total. The fourth-order valence-corrected chi connectivity index (χ4v) is 3.44. The van der Waals surface area contributed by atoms with Gasteiger partial charge in [-0.1, -0.05) is 35.9 Å². The molecule has 2 aromatic carbocycles. The lowest BCUT2D eigenvalue weighted by molar-refractivity contribution is -0.128. The van der Waals surface area contributed by atoms with Gasteiger partial charge in [-0.05, 0) is 55.5 Å². The maximum atomic E-state index is 12.3. The molecule has 0 aromatic heterocycles. The Kier molecular flexibility index (Phi) is 5.71.